The minimum Gasteiger partial charge on any atom is -0.487 e. The summed E-state index contributed by atoms with van der Waals surface area (Å²) < 4.78 is 34.8. The number of hydrogen-bond acceptors (Lipinski definition) is 7. The van der Waals surface area contributed by atoms with Crippen molar-refractivity contribution in [3.05, 3.63) is 53.3 Å². The highest BCUT2D eigenvalue weighted by atomic mass is 32.2. The molecule has 0 radical (unpaired) electrons. The van der Waals surface area contributed by atoms with Gasteiger partial charge in [-0.2, -0.15) is 0 Å². The van der Waals surface area contributed by atoms with E-state index in [2.05, 4.69) is 4.98 Å². The van der Waals surface area contributed by atoms with Crippen molar-refractivity contribution in [2.75, 3.05) is 19.3 Å². The lowest BCUT2D eigenvalue weighted by molar-refractivity contribution is 0.0204. The van der Waals surface area contributed by atoms with Crippen LogP contribution in [0.4, 0.5) is 4.79 Å². The second kappa shape index (κ2) is 10.1. The molecule has 1 saturated heterocycles. The summed E-state index contributed by atoms with van der Waals surface area (Å²) in [6, 6.07) is 8.16. The van der Waals surface area contributed by atoms with E-state index in [4.69, 9.17) is 9.47 Å². The fourth-order valence-corrected chi connectivity index (χ4v) is 4.42. The number of pyridine rings is 1. The van der Waals surface area contributed by atoms with Crippen LogP contribution in [0.15, 0.2) is 41.4 Å². The zero-order valence-electron chi connectivity index (χ0n) is 20.3. The first-order valence-electron chi connectivity index (χ1n) is 11.2. The van der Waals surface area contributed by atoms with Crippen molar-refractivity contribution in [1.82, 2.24) is 9.88 Å². The molecule has 1 aromatic heterocycles. The van der Waals surface area contributed by atoms with E-state index in [1.54, 1.807) is 4.90 Å². The molecular formula is C25H32N2O6S. The van der Waals surface area contributed by atoms with E-state index in [1.807, 2.05) is 39.1 Å². The Morgan fingerprint density at radius 1 is 1.12 bits per heavy atom. The molecule has 8 nitrogen and oxygen atoms in total. The van der Waals surface area contributed by atoms with Gasteiger partial charge in [0, 0.05) is 25.5 Å². The van der Waals surface area contributed by atoms with Gasteiger partial charge in [-0.25, -0.2) is 13.2 Å². The van der Waals surface area contributed by atoms with Crippen LogP contribution in [-0.4, -0.2) is 55.1 Å². The van der Waals surface area contributed by atoms with E-state index in [1.165, 1.54) is 25.1 Å². The topological polar surface area (TPSA) is 103 Å². The van der Waals surface area contributed by atoms with E-state index in [0.717, 1.165) is 24.7 Å². The number of amides is 1. The number of ketones is 1. The number of piperidine rings is 1. The quantitative estimate of drug-likeness (QED) is 0.556. The van der Waals surface area contributed by atoms with Crippen molar-refractivity contribution >= 4 is 21.7 Å². The summed E-state index contributed by atoms with van der Waals surface area (Å²) in [5.41, 5.74) is 1.51. The first-order valence-corrected chi connectivity index (χ1v) is 13.1. The maximum Gasteiger partial charge on any atom is 0.410 e. The molecule has 2 aromatic rings. The normalized spacial score (nSPS) is 15.1. The van der Waals surface area contributed by atoms with Crippen LogP contribution in [0.1, 0.15) is 68.1 Å². The predicted octanol–water partition coefficient (Wildman–Crippen LogP) is 4.38. The average molecular weight is 489 g/mol. The minimum absolute atomic E-state index is 0.0743. The number of likely N-dealkylation sites (tertiary alicyclic amines) is 1. The van der Waals surface area contributed by atoms with E-state index in [0.29, 0.717) is 30.5 Å². The second-order valence-electron chi connectivity index (χ2n) is 9.60. The maximum absolute atomic E-state index is 12.3. The molecule has 0 aliphatic carbocycles. The van der Waals surface area contributed by atoms with Gasteiger partial charge in [0.2, 0.25) is 0 Å². The first kappa shape index (κ1) is 25.7. The first-order chi connectivity index (χ1) is 15.8. The van der Waals surface area contributed by atoms with Gasteiger partial charge >= 0.3 is 6.09 Å². The highest BCUT2D eigenvalue weighted by Gasteiger charge is 2.27. The predicted molar refractivity (Wildman–Crippen MR) is 128 cm³/mol. The molecule has 1 aliphatic rings. The summed E-state index contributed by atoms with van der Waals surface area (Å²) in [6.45, 7) is 8.38. The van der Waals surface area contributed by atoms with E-state index >= 15 is 0 Å². The summed E-state index contributed by atoms with van der Waals surface area (Å²) >= 11 is 0. The van der Waals surface area contributed by atoms with Crippen LogP contribution in [0.5, 0.6) is 5.75 Å². The van der Waals surface area contributed by atoms with Crippen LogP contribution in [0.25, 0.3) is 0 Å². The van der Waals surface area contributed by atoms with Crippen molar-refractivity contribution in [1.29, 1.82) is 0 Å². The summed E-state index contributed by atoms with van der Waals surface area (Å²) in [7, 11) is -3.42. The highest BCUT2D eigenvalue weighted by Crippen LogP contribution is 2.29. The van der Waals surface area contributed by atoms with Gasteiger partial charge in [-0.3, -0.25) is 9.78 Å². The van der Waals surface area contributed by atoms with Gasteiger partial charge in [-0.1, -0.05) is 6.07 Å². The number of Topliss-reactive ketones (excluding diaryl/α,β-unsaturated/α-hetero) is 1. The Labute approximate surface area is 201 Å². The number of carbonyl (C=O) groups is 2. The molecule has 0 atom stereocenters. The molecule has 0 bridgehead atoms. The molecule has 0 N–H and O–H groups in total. The van der Waals surface area contributed by atoms with Crippen LogP contribution >= 0.6 is 0 Å². The van der Waals surface area contributed by atoms with Gasteiger partial charge < -0.3 is 14.4 Å². The fourth-order valence-electron chi connectivity index (χ4n) is 3.78. The Morgan fingerprint density at radius 3 is 2.32 bits per heavy atom. The Bertz CT molecular complexity index is 1140. The fraction of sp³-hybridized carbons (Fsp3) is 0.480. The SMILES string of the molecule is CC(=O)c1cc(S(C)(=O)=O)ccc1OCc1ccc(C2CCN(C(=O)OC(C)(C)C)CC2)cn1. The minimum atomic E-state index is -3.42. The van der Waals surface area contributed by atoms with Crippen molar-refractivity contribution < 1.29 is 27.5 Å². The standard InChI is InChI=1S/C25H32N2O6S/c1-17(28)22-14-21(34(5,30)31)8-9-23(22)32-16-20-7-6-19(15-26-20)18-10-12-27(13-11-18)24(29)33-25(2,3)4/h6-9,14-15,18H,10-13,16H2,1-5H3. The number of hydrogen-bond donors (Lipinski definition) is 0. The van der Waals surface area contributed by atoms with Gasteiger partial charge in [-0.15, -0.1) is 0 Å². The van der Waals surface area contributed by atoms with E-state index < -0.39 is 15.4 Å². The van der Waals surface area contributed by atoms with Crippen LogP contribution in [0.3, 0.4) is 0 Å². The third-order valence-electron chi connectivity index (χ3n) is 5.60. The van der Waals surface area contributed by atoms with Crippen molar-refractivity contribution in [2.24, 2.45) is 0 Å². The van der Waals surface area contributed by atoms with Crippen molar-refractivity contribution in [2.45, 2.75) is 63.6 Å². The molecule has 1 aliphatic heterocycles. The summed E-state index contributed by atoms with van der Waals surface area (Å²) in [6.07, 6.45) is 4.33. The number of nitrogens with zero attached hydrogens (tertiary/aromatic N) is 2. The average Bonchev–Trinajstić information content (AvgIpc) is 2.76. The molecule has 1 fully saturated rings. The lowest BCUT2D eigenvalue weighted by Gasteiger charge is -2.33. The Balaban J connectivity index is 1.59. The third kappa shape index (κ3) is 6.79. The molecule has 3 rings (SSSR count). The molecule has 9 heteroatoms. The Morgan fingerprint density at radius 2 is 1.79 bits per heavy atom. The van der Waals surface area contributed by atoms with Crippen LogP contribution in [-0.2, 0) is 21.2 Å². The lowest BCUT2D eigenvalue weighted by Crippen LogP contribution is -2.41. The van der Waals surface area contributed by atoms with Crippen molar-refractivity contribution in [3.8, 4) is 5.75 Å². The molecule has 0 spiro atoms. The third-order valence-corrected chi connectivity index (χ3v) is 6.71. The largest absolute Gasteiger partial charge is 0.487 e. The summed E-state index contributed by atoms with van der Waals surface area (Å²) in [5, 5.41) is 0. The zero-order valence-corrected chi connectivity index (χ0v) is 21.1. The van der Waals surface area contributed by atoms with Gasteiger partial charge in [0.25, 0.3) is 0 Å². The zero-order chi connectivity index (χ0) is 25.1. The van der Waals surface area contributed by atoms with Gasteiger partial charge in [0.05, 0.1) is 16.2 Å². The van der Waals surface area contributed by atoms with Gasteiger partial charge in [-0.05, 0) is 76.3 Å². The van der Waals surface area contributed by atoms with Crippen LogP contribution < -0.4 is 4.74 Å². The smallest absolute Gasteiger partial charge is 0.410 e. The second-order valence-corrected chi connectivity index (χ2v) is 11.6. The number of rotatable bonds is 6. The van der Waals surface area contributed by atoms with E-state index in [9.17, 15) is 18.0 Å². The van der Waals surface area contributed by atoms with Crippen LogP contribution in [0.2, 0.25) is 0 Å². The molecule has 1 aromatic carbocycles. The Hall–Kier alpha value is -2.94. The molecule has 184 valence electrons. The molecule has 1 amide bonds. The number of benzene rings is 1. The molecular weight excluding hydrogens is 456 g/mol. The van der Waals surface area contributed by atoms with Crippen LogP contribution in [0, 0.1) is 0 Å². The molecule has 2 heterocycles. The van der Waals surface area contributed by atoms with Crippen molar-refractivity contribution in [3.63, 3.8) is 0 Å². The number of ether oxygens (including phenoxy) is 2. The monoisotopic (exact) mass is 488 g/mol. The molecule has 34 heavy (non-hydrogen) atoms. The molecule has 0 unspecified atom stereocenters. The number of aromatic nitrogens is 1. The van der Waals surface area contributed by atoms with Gasteiger partial charge in [0.15, 0.2) is 15.6 Å². The maximum atomic E-state index is 12.3. The van der Waals surface area contributed by atoms with Gasteiger partial charge in [0.1, 0.15) is 18.0 Å². The number of carbonyl (C=O) groups excluding carboxylic acids is 2. The number of sulfone groups is 1. The summed E-state index contributed by atoms with van der Waals surface area (Å²) in [4.78, 5) is 30.6. The molecule has 0 saturated carbocycles. The lowest BCUT2D eigenvalue weighted by atomic mass is 9.90. The Kier molecular flexibility index (Phi) is 7.65. The van der Waals surface area contributed by atoms with E-state index in [-0.39, 0.29) is 28.9 Å². The summed E-state index contributed by atoms with van der Waals surface area (Å²) in [5.74, 6) is 0.357. The highest BCUT2D eigenvalue weighted by molar-refractivity contribution is 7.90.